The van der Waals surface area contributed by atoms with Crippen molar-refractivity contribution in [3.63, 3.8) is 0 Å². The SMILES string of the molecule is COc1cc(CN2CCSC(C)C2C)ccc1O. The van der Waals surface area contributed by atoms with E-state index in [9.17, 15) is 5.11 Å². The first kappa shape index (κ1) is 13.6. The van der Waals surface area contributed by atoms with Crippen molar-refractivity contribution in [3.8, 4) is 11.5 Å². The molecule has 2 atom stereocenters. The van der Waals surface area contributed by atoms with Gasteiger partial charge >= 0.3 is 0 Å². The smallest absolute Gasteiger partial charge is 0.160 e. The molecule has 1 saturated heterocycles. The summed E-state index contributed by atoms with van der Waals surface area (Å²) < 4.78 is 5.15. The fourth-order valence-electron chi connectivity index (χ4n) is 2.27. The van der Waals surface area contributed by atoms with E-state index in [1.54, 1.807) is 13.2 Å². The molecule has 100 valence electrons. The van der Waals surface area contributed by atoms with E-state index in [4.69, 9.17) is 4.74 Å². The normalized spacial score (nSPS) is 25.1. The summed E-state index contributed by atoms with van der Waals surface area (Å²) in [6.07, 6.45) is 0. The van der Waals surface area contributed by atoms with Gasteiger partial charge in [0, 0.05) is 30.1 Å². The van der Waals surface area contributed by atoms with Gasteiger partial charge in [-0.25, -0.2) is 0 Å². The number of rotatable bonds is 3. The summed E-state index contributed by atoms with van der Waals surface area (Å²) in [5.41, 5.74) is 1.19. The van der Waals surface area contributed by atoms with Gasteiger partial charge in [0.2, 0.25) is 0 Å². The third kappa shape index (κ3) is 2.93. The summed E-state index contributed by atoms with van der Waals surface area (Å²) in [4.78, 5) is 2.49. The Morgan fingerprint density at radius 1 is 1.44 bits per heavy atom. The monoisotopic (exact) mass is 267 g/mol. The summed E-state index contributed by atoms with van der Waals surface area (Å²) in [7, 11) is 1.58. The third-order valence-corrected chi connectivity index (χ3v) is 4.98. The van der Waals surface area contributed by atoms with Gasteiger partial charge < -0.3 is 9.84 Å². The Balaban J connectivity index is 2.09. The lowest BCUT2D eigenvalue weighted by Gasteiger charge is -2.37. The van der Waals surface area contributed by atoms with Crippen molar-refractivity contribution < 1.29 is 9.84 Å². The van der Waals surface area contributed by atoms with E-state index in [1.165, 1.54) is 11.3 Å². The number of hydrogen-bond donors (Lipinski definition) is 1. The zero-order valence-electron chi connectivity index (χ0n) is 11.2. The third-order valence-electron chi connectivity index (χ3n) is 3.64. The van der Waals surface area contributed by atoms with Gasteiger partial charge in [0.15, 0.2) is 11.5 Å². The number of phenolic OH excluding ortho intramolecular Hbond substituents is 1. The molecule has 0 saturated carbocycles. The van der Waals surface area contributed by atoms with Crippen LogP contribution in [0.4, 0.5) is 0 Å². The first-order valence-corrected chi connectivity index (χ1v) is 7.38. The molecule has 0 amide bonds. The summed E-state index contributed by atoms with van der Waals surface area (Å²) in [5.74, 6) is 1.96. The van der Waals surface area contributed by atoms with Crippen LogP contribution in [0.5, 0.6) is 11.5 Å². The van der Waals surface area contributed by atoms with Crippen LogP contribution < -0.4 is 4.74 Å². The van der Waals surface area contributed by atoms with Crippen molar-refractivity contribution in [3.05, 3.63) is 23.8 Å². The number of benzene rings is 1. The van der Waals surface area contributed by atoms with Crippen molar-refractivity contribution in [1.82, 2.24) is 4.90 Å². The Hall–Kier alpha value is -0.870. The van der Waals surface area contributed by atoms with Gasteiger partial charge in [0.05, 0.1) is 7.11 Å². The van der Waals surface area contributed by atoms with Gasteiger partial charge in [0.25, 0.3) is 0 Å². The second-order valence-corrected chi connectivity index (χ2v) is 6.28. The minimum absolute atomic E-state index is 0.205. The molecule has 1 aromatic carbocycles. The van der Waals surface area contributed by atoms with Gasteiger partial charge in [-0.05, 0) is 24.6 Å². The van der Waals surface area contributed by atoms with Crippen LogP contribution in [0.15, 0.2) is 18.2 Å². The van der Waals surface area contributed by atoms with Gasteiger partial charge in [0.1, 0.15) is 0 Å². The molecular weight excluding hydrogens is 246 g/mol. The zero-order valence-corrected chi connectivity index (χ0v) is 12.0. The summed E-state index contributed by atoms with van der Waals surface area (Å²) >= 11 is 2.04. The van der Waals surface area contributed by atoms with Crippen LogP contribution in [-0.2, 0) is 6.54 Å². The van der Waals surface area contributed by atoms with E-state index in [0.717, 1.165) is 13.1 Å². The minimum atomic E-state index is 0.205. The Morgan fingerprint density at radius 3 is 2.94 bits per heavy atom. The molecular formula is C14H21NO2S. The molecule has 0 radical (unpaired) electrons. The molecule has 1 heterocycles. The van der Waals surface area contributed by atoms with Crippen LogP contribution in [0.1, 0.15) is 19.4 Å². The molecule has 0 bridgehead atoms. The maximum absolute atomic E-state index is 9.59. The molecule has 1 N–H and O–H groups in total. The van der Waals surface area contributed by atoms with Crippen LogP contribution in [0.2, 0.25) is 0 Å². The van der Waals surface area contributed by atoms with E-state index < -0.39 is 0 Å². The average molecular weight is 267 g/mol. The number of phenols is 1. The maximum atomic E-state index is 9.59. The largest absolute Gasteiger partial charge is 0.504 e. The standard InChI is InChI=1S/C14H21NO2S/c1-10-11(2)18-7-6-15(10)9-12-4-5-13(16)14(8-12)17-3/h4-5,8,10-11,16H,6-7,9H2,1-3H3. The fraction of sp³-hybridized carbons (Fsp3) is 0.571. The molecule has 1 aliphatic rings. The minimum Gasteiger partial charge on any atom is -0.504 e. The number of ether oxygens (including phenoxy) is 1. The topological polar surface area (TPSA) is 32.7 Å². The van der Waals surface area contributed by atoms with Gasteiger partial charge in [-0.2, -0.15) is 11.8 Å². The average Bonchev–Trinajstić information content (AvgIpc) is 2.37. The lowest BCUT2D eigenvalue weighted by Crippen LogP contribution is -2.43. The van der Waals surface area contributed by atoms with E-state index in [0.29, 0.717) is 17.0 Å². The fourth-order valence-corrected chi connectivity index (χ4v) is 3.44. The van der Waals surface area contributed by atoms with Crippen molar-refractivity contribution in [2.75, 3.05) is 19.4 Å². The second-order valence-electron chi connectivity index (χ2n) is 4.79. The molecule has 2 unspecified atom stereocenters. The first-order valence-electron chi connectivity index (χ1n) is 6.33. The molecule has 1 aliphatic heterocycles. The van der Waals surface area contributed by atoms with Gasteiger partial charge in [-0.3, -0.25) is 4.90 Å². The van der Waals surface area contributed by atoms with Crippen LogP contribution in [0.3, 0.4) is 0 Å². The summed E-state index contributed by atoms with van der Waals surface area (Å²) in [6, 6.07) is 6.19. The van der Waals surface area contributed by atoms with Gasteiger partial charge in [-0.15, -0.1) is 0 Å². The van der Waals surface area contributed by atoms with Crippen LogP contribution >= 0.6 is 11.8 Å². The van der Waals surface area contributed by atoms with E-state index in [-0.39, 0.29) is 5.75 Å². The van der Waals surface area contributed by atoms with Crippen molar-refractivity contribution in [2.45, 2.75) is 31.7 Å². The number of aromatic hydroxyl groups is 1. The zero-order chi connectivity index (χ0) is 13.1. The van der Waals surface area contributed by atoms with E-state index in [1.807, 2.05) is 23.9 Å². The molecule has 0 aromatic heterocycles. The number of thioether (sulfide) groups is 1. The Bertz CT molecular complexity index is 411. The molecule has 1 aromatic rings. The Labute approximate surface area is 113 Å². The lowest BCUT2D eigenvalue weighted by molar-refractivity contribution is 0.204. The van der Waals surface area contributed by atoms with E-state index in [2.05, 4.69) is 18.7 Å². The highest BCUT2D eigenvalue weighted by Gasteiger charge is 2.25. The van der Waals surface area contributed by atoms with E-state index >= 15 is 0 Å². The predicted molar refractivity (Wildman–Crippen MR) is 76.5 cm³/mol. The lowest BCUT2D eigenvalue weighted by atomic mass is 10.1. The predicted octanol–water partition coefficient (Wildman–Crippen LogP) is 2.73. The Morgan fingerprint density at radius 2 is 2.22 bits per heavy atom. The Kier molecular flexibility index (Phi) is 4.40. The molecule has 0 spiro atoms. The van der Waals surface area contributed by atoms with Crippen LogP contribution in [-0.4, -0.2) is 40.7 Å². The van der Waals surface area contributed by atoms with Crippen LogP contribution in [0, 0.1) is 0 Å². The van der Waals surface area contributed by atoms with Gasteiger partial charge in [-0.1, -0.05) is 13.0 Å². The second kappa shape index (κ2) is 5.85. The number of hydrogen-bond acceptors (Lipinski definition) is 4. The number of methoxy groups -OCH3 is 1. The molecule has 1 fully saturated rings. The first-order chi connectivity index (χ1) is 8.61. The van der Waals surface area contributed by atoms with Crippen LogP contribution in [0.25, 0.3) is 0 Å². The molecule has 0 aliphatic carbocycles. The molecule has 2 rings (SSSR count). The quantitative estimate of drug-likeness (QED) is 0.913. The number of nitrogens with zero attached hydrogens (tertiary/aromatic N) is 1. The highest BCUT2D eigenvalue weighted by atomic mass is 32.2. The van der Waals surface area contributed by atoms with Crippen molar-refractivity contribution in [2.24, 2.45) is 0 Å². The maximum Gasteiger partial charge on any atom is 0.160 e. The highest BCUT2D eigenvalue weighted by Crippen LogP contribution is 2.29. The highest BCUT2D eigenvalue weighted by molar-refractivity contribution is 8.00. The molecule has 18 heavy (non-hydrogen) atoms. The molecule has 4 heteroatoms. The van der Waals surface area contributed by atoms with Crippen molar-refractivity contribution in [1.29, 1.82) is 0 Å². The summed E-state index contributed by atoms with van der Waals surface area (Å²) in [5, 5.41) is 10.3. The van der Waals surface area contributed by atoms with Crippen molar-refractivity contribution >= 4 is 11.8 Å². The molecule has 3 nitrogen and oxygen atoms in total. The summed E-state index contributed by atoms with van der Waals surface area (Å²) in [6.45, 7) is 6.62.